The zero-order valence-corrected chi connectivity index (χ0v) is 21.9. The van der Waals surface area contributed by atoms with Crippen LogP contribution in [0.25, 0.3) is 0 Å². The molecule has 0 aromatic heterocycles. The second-order valence-corrected chi connectivity index (χ2v) is 12.8. The van der Waals surface area contributed by atoms with Crippen molar-refractivity contribution in [1.82, 2.24) is 4.90 Å². The lowest BCUT2D eigenvalue weighted by Crippen LogP contribution is -2.46. The number of hydrogen-bond donors (Lipinski definition) is 1. The minimum Gasteiger partial charge on any atom is -0.376 e. The maximum absolute atomic E-state index is 14.6. The molecule has 1 aliphatic heterocycles. The van der Waals surface area contributed by atoms with Crippen LogP contribution in [0.2, 0.25) is 0 Å². The molecule has 3 aliphatic carbocycles. The number of nitrogens with zero attached hydrogens (tertiary/aromatic N) is 1. The molecule has 5 nitrogen and oxygen atoms in total. The summed E-state index contributed by atoms with van der Waals surface area (Å²) in [6.45, 7) is 5.02. The minimum atomic E-state index is -3.42. The van der Waals surface area contributed by atoms with E-state index in [1.54, 1.807) is 6.07 Å². The SMILES string of the molecule is CCC1(c2cc(F)cc(NS(=O)(=O)C3CC3)c2)[C@@H]2CN(CC3(OC)Cc4ccccc4C3)C[C@@H]21.Cl. The number of halogens is 2. The smallest absolute Gasteiger partial charge is 0.235 e. The molecule has 2 aromatic carbocycles. The van der Waals surface area contributed by atoms with Crippen LogP contribution in [-0.4, -0.2) is 50.9 Å². The summed E-state index contributed by atoms with van der Waals surface area (Å²) < 4.78 is 48.2. The standard InChI is InChI=1S/C27H33FN2O3S.ClH/c1-3-27(20-10-21(28)12-22(11-20)29-34(31,32)23-8-9-23)24-15-30(16-25(24)27)17-26(33-2)13-18-6-4-5-7-19(18)14-26;/h4-7,10-12,23-25,29H,3,8-9,13-17H2,1-2H3;1H/t24-,25+,27?;. The normalized spacial score (nSPS) is 28.8. The third kappa shape index (κ3) is 4.18. The molecule has 1 unspecified atom stereocenters. The fourth-order valence-electron chi connectivity index (χ4n) is 7.03. The van der Waals surface area contributed by atoms with Gasteiger partial charge in [-0.25, -0.2) is 12.8 Å². The quantitative estimate of drug-likeness (QED) is 0.555. The molecule has 0 amide bonds. The van der Waals surface area contributed by atoms with Crippen LogP contribution in [0, 0.1) is 17.7 Å². The molecule has 2 aromatic rings. The highest BCUT2D eigenvalue weighted by atomic mass is 35.5. The average molecular weight is 521 g/mol. The van der Waals surface area contributed by atoms with Crippen LogP contribution in [0.5, 0.6) is 0 Å². The number of likely N-dealkylation sites (tertiary alicyclic amines) is 1. The molecule has 1 saturated heterocycles. The summed E-state index contributed by atoms with van der Waals surface area (Å²) in [6, 6.07) is 13.4. The first-order chi connectivity index (χ1) is 16.3. The number of ether oxygens (including phenoxy) is 1. The van der Waals surface area contributed by atoms with Gasteiger partial charge in [-0.3, -0.25) is 9.62 Å². The minimum absolute atomic E-state index is 0. The van der Waals surface area contributed by atoms with Gasteiger partial charge in [0, 0.05) is 45.0 Å². The van der Waals surface area contributed by atoms with Crippen LogP contribution >= 0.6 is 12.4 Å². The van der Waals surface area contributed by atoms with E-state index in [0.717, 1.165) is 44.5 Å². The van der Waals surface area contributed by atoms with E-state index >= 15 is 0 Å². The van der Waals surface area contributed by atoms with Crippen LogP contribution in [0.4, 0.5) is 10.1 Å². The molecular weight excluding hydrogens is 487 g/mol. The molecule has 1 heterocycles. The molecule has 3 atom stereocenters. The van der Waals surface area contributed by atoms with E-state index in [-0.39, 0.29) is 34.5 Å². The fraction of sp³-hybridized carbons (Fsp3) is 0.556. The third-order valence-corrected chi connectivity index (χ3v) is 10.8. The second-order valence-electron chi connectivity index (χ2n) is 10.9. The number of hydrogen-bond acceptors (Lipinski definition) is 4. The maximum atomic E-state index is 14.6. The predicted octanol–water partition coefficient (Wildman–Crippen LogP) is 4.55. The second kappa shape index (κ2) is 8.72. The van der Waals surface area contributed by atoms with Gasteiger partial charge in [-0.1, -0.05) is 31.2 Å². The molecule has 4 aliphatic rings. The lowest BCUT2D eigenvalue weighted by atomic mass is 9.87. The van der Waals surface area contributed by atoms with E-state index in [1.807, 2.05) is 13.2 Å². The van der Waals surface area contributed by atoms with Crippen molar-refractivity contribution < 1.29 is 17.5 Å². The van der Waals surface area contributed by atoms with Crippen LogP contribution in [0.3, 0.4) is 0 Å². The topological polar surface area (TPSA) is 58.6 Å². The van der Waals surface area contributed by atoms with Gasteiger partial charge in [-0.2, -0.15) is 0 Å². The van der Waals surface area contributed by atoms with Crippen molar-refractivity contribution in [2.45, 2.75) is 55.3 Å². The van der Waals surface area contributed by atoms with Crippen molar-refractivity contribution in [3.05, 3.63) is 65.0 Å². The monoisotopic (exact) mass is 520 g/mol. The van der Waals surface area contributed by atoms with Crippen molar-refractivity contribution in [2.75, 3.05) is 31.5 Å². The van der Waals surface area contributed by atoms with Crippen LogP contribution in [-0.2, 0) is 33.0 Å². The largest absolute Gasteiger partial charge is 0.376 e. The summed E-state index contributed by atoms with van der Waals surface area (Å²) in [7, 11) is -1.59. The Labute approximate surface area is 213 Å². The molecule has 6 rings (SSSR count). The molecule has 190 valence electrons. The molecule has 0 radical (unpaired) electrons. The lowest BCUT2D eigenvalue weighted by Gasteiger charge is -2.35. The zero-order chi connectivity index (χ0) is 23.7. The maximum Gasteiger partial charge on any atom is 0.235 e. The van der Waals surface area contributed by atoms with Gasteiger partial charge in [0.05, 0.1) is 16.5 Å². The van der Waals surface area contributed by atoms with Gasteiger partial charge in [0.25, 0.3) is 0 Å². The lowest BCUT2D eigenvalue weighted by molar-refractivity contribution is -0.0276. The molecule has 0 spiro atoms. The van der Waals surface area contributed by atoms with Gasteiger partial charge in [0.2, 0.25) is 10.0 Å². The van der Waals surface area contributed by atoms with Gasteiger partial charge in [0.1, 0.15) is 5.82 Å². The molecule has 3 fully saturated rings. The van der Waals surface area contributed by atoms with Crippen molar-refractivity contribution in [2.24, 2.45) is 11.8 Å². The number of methoxy groups -OCH3 is 1. The van der Waals surface area contributed by atoms with Gasteiger partial charge in [0.15, 0.2) is 0 Å². The summed E-state index contributed by atoms with van der Waals surface area (Å²) in [4.78, 5) is 2.52. The number of sulfonamides is 1. The predicted molar refractivity (Wildman–Crippen MR) is 138 cm³/mol. The molecule has 35 heavy (non-hydrogen) atoms. The van der Waals surface area contributed by atoms with Gasteiger partial charge in [-0.05, 0) is 66.0 Å². The third-order valence-electron chi connectivity index (χ3n) is 8.94. The number of rotatable bonds is 8. The van der Waals surface area contributed by atoms with Gasteiger partial charge >= 0.3 is 0 Å². The summed E-state index contributed by atoms with van der Waals surface area (Å²) in [6.07, 6.45) is 4.18. The highest BCUT2D eigenvalue weighted by molar-refractivity contribution is 7.93. The van der Waals surface area contributed by atoms with Crippen LogP contribution in [0.15, 0.2) is 42.5 Å². The Morgan fingerprint density at radius 2 is 1.71 bits per heavy atom. The summed E-state index contributed by atoms with van der Waals surface area (Å²) in [5, 5.41) is -0.331. The fourth-order valence-corrected chi connectivity index (χ4v) is 8.40. The number of fused-ring (bicyclic) bond motifs is 2. The van der Waals surface area contributed by atoms with E-state index in [0.29, 0.717) is 30.4 Å². The van der Waals surface area contributed by atoms with Gasteiger partial charge < -0.3 is 4.74 Å². The van der Waals surface area contributed by atoms with Crippen LogP contribution in [0.1, 0.15) is 42.9 Å². The Bertz CT molecular complexity index is 1200. The highest BCUT2D eigenvalue weighted by Crippen LogP contribution is 2.65. The van der Waals surface area contributed by atoms with Crippen molar-refractivity contribution in [3.63, 3.8) is 0 Å². The van der Waals surface area contributed by atoms with E-state index in [9.17, 15) is 12.8 Å². The Hall–Kier alpha value is -1.67. The van der Waals surface area contributed by atoms with E-state index in [4.69, 9.17) is 4.74 Å². The first-order valence-corrected chi connectivity index (χ1v) is 14.0. The Kier molecular flexibility index (Phi) is 6.23. The first kappa shape index (κ1) is 25.0. The van der Waals surface area contributed by atoms with Crippen molar-refractivity contribution in [1.29, 1.82) is 0 Å². The molecule has 8 heteroatoms. The Morgan fingerprint density at radius 1 is 1.09 bits per heavy atom. The average Bonchev–Trinajstić information content (AvgIpc) is 3.67. The first-order valence-electron chi connectivity index (χ1n) is 12.5. The molecular formula is C27H34ClFN2O3S. The summed E-state index contributed by atoms with van der Waals surface area (Å²) in [5.41, 5.74) is 3.82. The zero-order valence-electron chi connectivity index (χ0n) is 20.3. The highest BCUT2D eigenvalue weighted by Gasteiger charge is 2.67. The summed E-state index contributed by atoms with van der Waals surface area (Å²) in [5.74, 6) is 0.553. The van der Waals surface area contributed by atoms with E-state index < -0.39 is 10.0 Å². The van der Waals surface area contributed by atoms with Gasteiger partial charge in [-0.15, -0.1) is 12.4 Å². The number of nitrogens with one attached hydrogen (secondary N) is 1. The summed E-state index contributed by atoms with van der Waals surface area (Å²) >= 11 is 0. The van der Waals surface area contributed by atoms with Crippen LogP contribution < -0.4 is 4.72 Å². The molecule has 2 saturated carbocycles. The van der Waals surface area contributed by atoms with E-state index in [1.165, 1.54) is 17.2 Å². The number of benzene rings is 2. The van der Waals surface area contributed by atoms with E-state index in [2.05, 4.69) is 40.8 Å². The molecule has 0 bridgehead atoms. The number of piperidine rings is 1. The molecule has 1 N–H and O–H groups in total. The Balaban J connectivity index is 0.00000253. The number of anilines is 1. The van der Waals surface area contributed by atoms with Crippen molar-refractivity contribution >= 4 is 28.1 Å². The van der Waals surface area contributed by atoms with Crippen molar-refractivity contribution in [3.8, 4) is 0 Å². The Morgan fingerprint density at radius 3 is 2.26 bits per heavy atom.